The average molecular weight is 375 g/mol. The molecule has 0 fully saturated rings. The maximum absolute atomic E-state index is 12.2. The Morgan fingerprint density at radius 2 is 1.82 bits per heavy atom. The molecule has 0 spiro atoms. The van der Waals surface area contributed by atoms with Gasteiger partial charge < -0.3 is 20.4 Å². The third-order valence-corrected chi connectivity index (χ3v) is 4.48. The highest BCUT2D eigenvalue weighted by Crippen LogP contribution is 2.28. The number of benzene rings is 2. The second-order valence-electron chi connectivity index (χ2n) is 6.35. The van der Waals surface area contributed by atoms with Crippen molar-refractivity contribution >= 4 is 17.7 Å². The van der Waals surface area contributed by atoms with E-state index in [9.17, 15) is 9.59 Å². The molecule has 0 aliphatic heterocycles. The highest BCUT2D eigenvalue weighted by atomic mass is 16.5. The average Bonchev–Trinajstić information content (AvgIpc) is 2.72. The van der Waals surface area contributed by atoms with E-state index in [4.69, 9.17) is 10.1 Å². The maximum Gasteiger partial charge on any atom is 0.247 e. The number of ketones is 1. The molecule has 1 unspecified atom stereocenters. The van der Waals surface area contributed by atoms with Crippen molar-refractivity contribution in [2.45, 2.75) is 13.0 Å². The number of carbonyl (C=O) groups excluding carboxylic acids is 1. The molecule has 6 heteroatoms. The lowest BCUT2D eigenvalue weighted by Crippen LogP contribution is -2.19. The molecule has 2 aromatic carbocycles. The first kappa shape index (κ1) is 19.1. The minimum Gasteiger partial charge on any atom is -0.497 e. The van der Waals surface area contributed by atoms with Crippen molar-refractivity contribution in [3.8, 4) is 16.9 Å². The number of hydrogen-bond donors (Lipinski definition) is 3. The molecular formula is C22H21N3O3. The lowest BCUT2D eigenvalue weighted by atomic mass is 10.00. The van der Waals surface area contributed by atoms with Crippen LogP contribution in [0.15, 0.2) is 65.6 Å². The van der Waals surface area contributed by atoms with Crippen LogP contribution < -0.4 is 15.6 Å². The first-order valence-corrected chi connectivity index (χ1v) is 8.76. The van der Waals surface area contributed by atoms with Crippen LogP contribution in [0.4, 0.5) is 5.69 Å². The Labute approximate surface area is 162 Å². The van der Waals surface area contributed by atoms with Crippen molar-refractivity contribution in [1.82, 2.24) is 4.98 Å². The van der Waals surface area contributed by atoms with Crippen LogP contribution in [0, 0.1) is 5.41 Å². The number of ether oxygens (including phenoxy) is 1. The summed E-state index contributed by atoms with van der Waals surface area (Å²) in [4.78, 5) is 26.1. The van der Waals surface area contributed by atoms with Crippen LogP contribution >= 0.6 is 0 Å². The number of Topliss-reactive ketones (excluding diaryl/α,β-unsaturated/α-hetero) is 1. The number of H-pyrrole nitrogens is 1. The predicted molar refractivity (Wildman–Crippen MR) is 110 cm³/mol. The lowest BCUT2D eigenvalue weighted by Gasteiger charge is -2.20. The van der Waals surface area contributed by atoms with Gasteiger partial charge in [0.2, 0.25) is 5.56 Å². The summed E-state index contributed by atoms with van der Waals surface area (Å²) in [6.45, 7) is 1.53. The standard InChI is InChI=1S/C22H21N3O3/c1-14(26)22(15-3-7-19(28-2)8-4-15)25-20-9-5-16(11-18(20)12-23)17-6-10-21(27)24-13-17/h3-13,22-23,25H,1-2H3,(H,24,27). The van der Waals surface area contributed by atoms with E-state index in [1.54, 1.807) is 19.4 Å². The summed E-state index contributed by atoms with van der Waals surface area (Å²) in [5, 5.41) is 11.0. The predicted octanol–water partition coefficient (Wildman–Crippen LogP) is 3.79. The number of aromatic nitrogens is 1. The topological polar surface area (TPSA) is 95.0 Å². The molecule has 1 heterocycles. The van der Waals surface area contributed by atoms with Crippen molar-refractivity contribution in [1.29, 1.82) is 5.41 Å². The Kier molecular flexibility index (Phi) is 5.69. The third kappa shape index (κ3) is 4.17. The van der Waals surface area contributed by atoms with Gasteiger partial charge in [-0.2, -0.15) is 0 Å². The summed E-state index contributed by atoms with van der Waals surface area (Å²) in [5.74, 6) is 0.683. The van der Waals surface area contributed by atoms with Gasteiger partial charge in [-0.1, -0.05) is 18.2 Å². The van der Waals surface area contributed by atoms with Crippen LogP contribution in [0.25, 0.3) is 11.1 Å². The monoisotopic (exact) mass is 375 g/mol. The third-order valence-electron chi connectivity index (χ3n) is 4.48. The molecule has 0 saturated carbocycles. The molecular weight excluding hydrogens is 354 g/mol. The van der Waals surface area contributed by atoms with Gasteiger partial charge in [-0.15, -0.1) is 0 Å². The number of carbonyl (C=O) groups is 1. The summed E-state index contributed by atoms with van der Waals surface area (Å²) >= 11 is 0. The lowest BCUT2D eigenvalue weighted by molar-refractivity contribution is -0.117. The van der Waals surface area contributed by atoms with Gasteiger partial charge in [0.25, 0.3) is 0 Å². The maximum atomic E-state index is 12.2. The normalized spacial score (nSPS) is 11.5. The SMILES string of the molecule is COc1ccc(C(Nc2ccc(-c3ccc(=O)[nH]c3)cc2C=N)C(C)=O)cc1. The number of hydrogen-bond acceptors (Lipinski definition) is 5. The van der Waals surface area contributed by atoms with Gasteiger partial charge >= 0.3 is 0 Å². The quantitative estimate of drug-likeness (QED) is 0.548. The summed E-state index contributed by atoms with van der Waals surface area (Å²) in [6.07, 6.45) is 2.87. The zero-order chi connectivity index (χ0) is 20.1. The zero-order valence-corrected chi connectivity index (χ0v) is 15.7. The fourth-order valence-electron chi connectivity index (χ4n) is 2.95. The molecule has 3 N–H and O–H groups in total. The van der Waals surface area contributed by atoms with E-state index >= 15 is 0 Å². The molecule has 3 rings (SSSR count). The number of methoxy groups -OCH3 is 1. The van der Waals surface area contributed by atoms with E-state index in [1.807, 2.05) is 42.5 Å². The van der Waals surface area contributed by atoms with Crippen LogP contribution in [0.1, 0.15) is 24.1 Å². The first-order chi connectivity index (χ1) is 13.5. The first-order valence-electron chi connectivity index (χ1n) is 8.76. The fraction of sp³-hybridized carbons (Fsp3) is 0.136. The van der Waals surface area contributed by atoms with Gasteiger partial charge in [0, 0.05) is 29.7 Å². The van der Waals surface area contributed by atoms with Gasteiger partial charge in [-0.25, -0.2) is 0 Å². The number of aromatic amines is 1. The van der Waals surface area contributed by atoms with Gasteiger partial charge in [-0.05, 0) is 53.9 Å². The molecule has 28 heavy (non-hydrogen) atoms. The van der Waals surface area contributed by atoms with Crippen LogP contribution in [-0.4, -0.2) is 24.1 Å². The van der Waals surface area contributed by atoms with Crippen LogP contribution in [0.3, 0.4) is 0 Å². The minimum atomic E-state index is -0.538. The van der Waals surface area contributed by atoms with E-state index in [-0.39, 0.29) is 11.3 Å². The number of nitrogens with one attached hydrogen (secondary N) is 3. The summed E-state index contributed by atoms with van der Waals surface area (Å²) in [5.41, 5.74) is 3.67. The second kappa shape index (κ2) is 8.35. The molecule has 1 aromatic heterocycles. The fourth-order valence-corrected chi connectivity index (χ4v) is 2.95. The van der Waals surface area contributed by atoms with Crippen LogP contribution in [0.5, 0.6) is 5.75 Å². The second-order valence-corrected chi connectivity index (χ2v) is 6.35. The summed E-state index contributed by atoms with van der Waals surface area (Å²) in [6, 6.07) is 15.5. The smallest absolute Gasteiger partial charge is 0.247 e. The summed E-state index contributed by atoms with van der Waals surface area (Å²) < 4.78 is 5.17. The van der Waals surface area contributed by atoms with Crippen LogP contribution in [-0.2, 0) is 4.79 Å². The Morgan fingerprint density at radius 3 is 2.39 bits per heavy atom. The molecule has 1 atom stereocenters. The van der Waals surface area contributed by atoms with Crippen molar-refractivity contribution in [2.75, 3.05) is 12.4 Å². The Balaban J connectivity index is 1.92. The largest absolute Gasteiger partial charge is 0.497 e. The van der Waals surface area contributed by atoms with Crippen LogP contribution in [0.2, 0.25) is 0 Å². The molecule has 0 amide bonds. The highest BCUT2D eigenvalue weighted by molar-refractivity contribution is 5.92. The Morgan fingerprint density at radius 1 is 1.11 bits per heavy atom. The number of rotatable bonds is 7. The Hall–Kier alpha value is -3.67. The highest BCUT2D eigenvalue weighted by Gasteiger charge is 2.18. The van der Waals surface area contributed by atoms with E-state index in [1.165, 1.54) is 19.2 Å². The molecule has 0 radical (unpaired) electrons. The molecule has 142 valence electrons. The molecule has 0 saturated heterocycles. The van der Waals surface area contributed by atoms with Crippen molar-refractivity contribution < 1.29 is 9.53 Å². The van der Waals surface area contributed by atoms with Crippen molar-refractivity contribution in [3.63, 3.8) is 0 Å². The number of pyridine rings is 1. The van der Waals surface area contributed by atoms with Crippen molar-refractivity contribution in [2.24, 2.45) is 0 Å². The van der Waals surface area contributed by atoms with Gasteiger partial charge in [0.15, 0.2) is 5.78 Å². The molecule has 0 bridgehead atoms. The summed E-state index contributed by atoms with van der Waals surface area (Å²) in [7, 11) is 1.59. The number of anilines is 1. The zero-order valence-electron chi connectivity index (χ0n) is 15.7. The molecule has 0 aliphatic rings. The van der Waals surface area contributed by atoms with Gasteiger partial charge in [0.1, 0.15) is 11.8 Å². The van der Waals surface area contributed by atoms with E-state index in [2.05, 4.69) is 10.3 Å². The Bertz CT molecular complexity index is 1030. The molecule has 0 aliphatic carbocycles. The minimum absolute atomic E-state index is 0.0363. The van der Waals surface area contributed by atoms with Gasteiger partial charge in [0.05, 0.1) is 7.11 Å². The van der Waals surface area contributed by atoms with E-state index < -0.39 is 6.04 Å². The van der Waals surface area contributed by atoms with Gasteiger partial charge in [-0.3, -0.25) is 9.59 Å². The molecule has 6 nitrogen and oxygen atoms in total. The van der Waals surface area contributed by atoms with E-state index in [0.29, 0.717) is 11.3 Å². The van der Waals surface area contributed by atoms with E-state index in [0.717, 1.165) is 22.4 Å². The van der Waals surface area contributed by atoms with Crippen molar-refractivity contribution in [3.05, 3.63) is 82.3 Å². The molecule has 3 aromatic rings.